The first-order valence-electron chi connectivity index (χ1n) is 6.84. The monoisotopic (exact) mass is 286 g/mol. The number of carboxylic acid groups (broad SMARTS) is 1. The molecule has 0 saturated heterocycles. The summed E-state index contributed by atoms with van der Waals surface area (Å²) in [5.74, 6) is -1.05. The van der Waals surface area contributed by atoms with Gasteiger partial charge in [0.1, 0.15) is 0 Å². The van der Waals surface area contributed by atoms with Crippen molar-refractivity contribution in [2.75, 3.05) is 19.8 Å². The zero-order valence-corrected chi connectivity index (χ0v) is 11.7. The minimum atomic E-state index is -0.956. The molecule has 1 rings (SSSR count). The molecule has 3 N–H and O–H groups in total. The highest BCUT2D eigenvalue weighted by atomic mass is 16.5. The molecule has 1 atom stereocenters. The minimum absolute atomic E-state index is 0.0118. The van der Waals surface area contributed by atoms with Gasteiger partial charge >= 0.3 is 12.0 Å². The van der Waals surface area contributed by atoms with Gasteiger partial charge in [0.05, 0.1) is 6.61 Å². The van der Waals surface area contributed by atoms with Crippen LogP contribution in [0.1, 0.15) is 32.6 Å². The van der Waals surface area contributed by atoms with Gasteiger partial charge in [-0.1, -0.05) is 6.92 Å². The highest BCUT2D eigenvalue weighted by Crippen LogP contribution is 2.28. The predicted octanol–water partition coefficient (Wildman–Crippen LogP) is 0.740. The average molecular weight is 286 g/mol. The third kappa shape index (κ3) is 8.47. The molecule has 0 aromatic rings. The van der Waals surface area contributed by atoms with Crippen LogP contribution in [0.3, 0.4) is 0 Å². The van der Waals surface area contributed by atoms with Crippen LogP contribution in [0.25, 0.3) is 0 Å². The number of carbonyl (C=O) groups is 3. The molecule has 1 fully saturated rings. The Labute approximate surface area is 118 Å². The van der Waals surface area contributed by atoms with E-state index >= 15 is 0 Å². The number of amides is 3. The Morgan fingerprint density at radius 2 is 2.00 bits per heavy atom. The summed E-state index contributed by atoms with van der Waals surface area (Å²) < 4.78 is 5.33. The molecule has 7 heteroatoms. The second-order valence-electron chi connectivity index (χ2n) is 5.23. The van der Waals surface area contributed by atoms with Crippen molar-refractivity contribution in [3.8, 4) is 0 Å². The SMILES string of the molecule is CC(CC(=O)O)CC(=O)NC(=O)NCCOCC1CC1. The molecular formula is C13H22N2O5. The molecule has 0 bridgehead atoms. The van der Waals surface area contributed by atoms with Gasteiger partial charge in [0, 0.05) is 26.0 Å². The van der Waals surface area contributed by atoms with Crippen LogP contribution in [0.2, 0.25) is 0 Å². The maximum Gasteiger partial charge on any atom is 0.321 e. The Bertz CT molecular complexity index is 355. The van der Waals surface area contributed by atoms with Gasteiger partial charge in [0.25, 0.3) is 0 Å². The number of urea groups is 1. The van der Waals surface area contributed by atoms with Crippen LogP contribution in [0.15, 0.2) is 0 Å². The predicted molar refractivity (Wildman–Crippen MR) is 71.1 cm³/mol. The maximum atomic E-state index is 11.4. The van der Waals surface area contributed by atoms with Crippen molar-refractivity contribution >= 4 is 17.9 Å². The largest absolute Gasteiger partial charge is 0.481 e. The lowest BCUT2D eigenvalue weighted by atomic mass is 10.0. The first-order valence-corrected chi connectivity index (χ1v) is 6.84. The fourth-order valence-corrected chi connectivity index (χ4v) is 1.68. The number of aliphatic carboxylic acids is 1. The van der Waals surface area contributed by atoms with Crippen molar-refractivity contribution in [2.45, 2.75) is 32.6 Å². The van der Waals surface area contributed by atoms with Crippen LogP contribution in [-0.2, 0) is 14.3 Å². The van der Waals surface area contributed by atoms with E-state index in [0.717, 1.165) is 6.61 Å². The number of hydrogen-bond donors (Lipinski definition) is 3. The van der Waals surface area contributed by atoms with Crippen molar-refractivity contribution in [3.05, 3.63) is 0 Å². The van der Waals surface area contributed by atoms with Crippen molar-refractivity contribution < 1.29 is 24.2 Å². The second-order valence-corrected chi connectivity index (χ2v) is 5.23. The summed E-state index contributed by atoms with van der Waals surface area (Å²) in [6.45, 7) is 3.15. The van der Waals surface area contributed by atoms with E-state index in [-0.39, 0.29) is 18.8 Å². The fourth-order valence-electron chi connectivity index (χ4n) is 1.68. The topological polar surface area (TPSA) is 105 Å². The summed E-state index contributed by atoms with van der Waals surface area (Å²) in [5.41, 5.74) is 0. The molecule has 1 saturated carbocycles. The Kier molecular flexibility index (Phi) is 7.00. The molecule has 0 radical (unpaired) electrons. The summed E-state index contributed by atoms with van der Waals surface area (Å²) in [5, 5.41) is 13.2. The van der Waals surface area contributed by atoms with Gasteiger partial charge in [0.2, 0.25) is 5.91 Å². The number of carbonyl (C=O) groups excluding carboxylic acids is 2. The first kappa shape index (κ1) is 16.4. The van der Waals surface area contributed by atoms with Crippen molar-refractivity contribution in [1.29, 1.82) is 0 Å². The Morgan fingerprint density at radius 1 is 1.30 bits per heavy atom. The van der Waals surface area contributed by atoms with Crippen LogP contribution in [0.4, 0.5) is 4.79 Å². The smallest absolute Gasteiger partial charge is 0.321 e. The van der Waals surface area contributed by atoms with Gasteiger partial charge in [-0.05, 0) is 24.7 Å². The number of imide groups is 1. The van der Waals surface area contributed by atoms with E-state index < -0.39 is 17.9 Å². The van der Waals surface area contributed by atoms with Crippen molar-refractivity contribution in [2.24, 2.45) is 11.8 Å². The summed E-state index contributed by atoms with van der Waals surface area (Å²) in [7, 11) is 0. The number of ether oxygens (including phenoxy) is 1. The third-order valence-electron chi connectivity index (χ3n) is 2.89. The molecule has 0 aromatic carbocycles. The number of hydrogen-bond acceptors (Lipinski definition) is 4. The van der Waals surface area contributed by atoms with Gasteiger partial charge in [-0.2, -0.15) is 0 Å². The van der Waals surface area contributed by atoms with E-state index in [4.69, 9.17) is 9.84 Å². The summed E-state index contributed by atoms with van der Waals surface area (Å²) >= 11 is 0. The quantitative estimate of drug-likeness (QED) is 0.542. The van der Waals surface area contributed by atoms with Crippen LogP contribution in [0, 0.1) is 11.8 Å². The summed E-state index contributed by atoms with van der Waals surface area (Å²) in [6, 6.07) is -0.576. The molecule has 0 heterocycles. The molecule has 1 unspecified atom stereocenters. The molecule has 0 aromatic heterocycles. The highest BCUT2D eigenvalue weighted by Gasteiger charge is 2.21. The Balaban J connectivity index is 2.01. The molecule has 20 heavy (non-hydrogen) atoms. The highest BCUT2D eigenvalue weighted by molar-refractivity contribution is 5.94. The lowest BCUT2D eigenvalue weighted by Crippen LogP contribution is -2.41. The van der Waals surface area contributed by atoms with Crippen molar-refractivity contribution in [3.63, 3.8) is 0 Å². The van der Waals surface area contributed by atoms with Crippen LogP contribution in [-0.4, -0.2) is 42.8 Å². The standard InChI is InChI=1S/C13H22N2O5/c1-9(7-12(17)18)6-11(16)15-13(19)14-4-5-20-8-10-2-3-10/h9-10H,2-8H2,1H3,(H,17,18)(H2,14,15,16,19). The number of rotatable bonds is 9. The molecule has 1 aliphatic rings. The van der Waals surface area contributed by atoms with Gasteiger partial charge in [-0.25, -0.2) is 4.79 Å². The van der Waals surface area contributed by atoms with E-state index in [0.29, 0.717) is 19.1 Å². The third-order valence-corrected chi connectivity index (χ3v) is 2.89. The summed E-state index contributed by atoms with van der Waals surface area (Å²) in [6.07, 6.45) is 2.36. The number of nitrogens with one attached hydrogen (secondary N) is 2. The van der Waals surface area contributed by atoms with E-state index in [1.807, 2.05) is 0 Å². The van der Waals surface area contributed by atoms with E-state index in [1.54, 1.807) is 6.92 Å². The average Bonchev–Trinajstić information content (AvgIpc) is 3.10. The molecular weight excluding hydrogens is 264 g/mol. The van der Waals surface area contributed by atoms with Gasteiger partial charge in [0.15, 0.2) is 0 Å². The van der Waals surface area contributed by atoms with Gasteiger partial charge in [-0.3, -0.25) is 14.9 Å². The molecule has 3 amide bonds. The fraction of sp³-hybridized carbons (Fsp3) is 0.769. The lowest BCUT2D eigenvalue weighted by molar-refractivity contribution is -0.138. The summed E-state index contributed by atoms with van der Waals surface area (Å²) in [4.78, 5) is 33.2. The van der Waals surface area contributed by atoms with Gasteiger partial charge in [-0.15, -0.1) is 0 Å². The van der Waals surface area contributed by atoms with Crippen molar-refractivity contribution in [1.82, 2.24) is 10.6 Å². The number of carboxylic acids is 1. The maximum absolute atomic E-state index is 11.4. The van der Waals surface area contributed by atoms with E-state index in [2.05, 4.69) is 10.6 Å². The Morgan fingerprint density at radius 3 is 2.60 bits per heavy atom. The van der Waals surface area contributed by atoms with E-state index in [9.17, 15) is 14.4 Å². The normalized spacial score (nSPS) is 15.4. The zero-order valence-electron chi connectivity index (χ0n) is 11.7. The van der Waals surface area contributed by atoms with Crippen LogP contribution < -0.4 is 10.6 Å². The first-order chi connectivity index (χ1) is 9.47. The molecule has 0 spiro atoms. The second kappa shape index (κ2) is 8.52. The molecule has 0 aliphatic heterocycles. The molecule has 114 valence electrons. The van der Waals surface area contributed by atoms with Crippen LogP contribution >= 0.6 is 0 Å². The Hall–Kier alpha value is -1.63. The van der Waals surface area contributed by atoms with Gasteiger partial charge < -0.3 is 15.2 Å². The molecule has 1 aliphatic carbocycles. The van der Waals surface area contributed by atoms with E-state index in [1.165, 1.54) is 12.8 Å². The van der Waals surface area contributed by atoms with Crippen LogP contribution in [0.5, 0.6) is 0 Å². The zero-order chi connectivity index (χ0) is 15.0. The minimum Gasteiger partial charge on any atom is -0.481 e. The lowest BCUT2D eigenvalue weighted by Gasteiger charge is -2.09. The molecule has 7 nitrogen and oxygen atoms in total.